The van der Waals surface area contributed by atoms with E-state index in [4.69, 9.17) is 0 Å². The predicted octanol–water partition coefficient (Wildman–Crippen LogP) is -0.468. The fraction of sp³-hybridized carbons (Fsp3) is 0.800. The lowest BCUT2D eigenvalue weighted by Crippen LogP contribution is -2.14. The third kappa shape index (κ3) is 1.36. The van der Waals surface area contributed by atoms with Crippen LogP contribution in [0.3, 0.4) is 0 Å². The largest absolute Gasteiger partial charge is 0.306 e. The minimum absolute atomic E-state index is 0.233. The minimum atomic E-state index is 0.233. The first kappa shape index (κ1) is 7.05. The highest BCUT2D eigenvalue weighted by Crippen LogP contribution is 2.22. The topological polar surface area (TPSA) is 66.5 Å². The Bertz CT molecular complexity index is 223. The molecule has 0 spiro atoms. The average molecular weight is 171 g/mol. The van der Waals surface area contributed by atoms with Crippen molar-refractivity contribution in [3.05, 3.63) is 5.82 Å². The number of nitrogens with one attached hydrogen (secondary N) is 2. The fourth-order valence-electron chi connectivity index (χ4n) is 1.23. The number of nitrogens with zero attached hydrogens (tertiary/aromatic N) is 3. The van der Waals surface area contributed by atoms with E-state index in [0.717, 1.165) is 18.8 Å². The third-order valence-electron chi connectivity index (χ3n) is 1.78. The van der Waals surface area contributed by atoms with Crippen LogP contribution in [0, 0.1) is 0 Å². The highest BCUT2D eigenvalue weighted by Gasteiger charge is 2.25. The van der Waals surface area contributed by atoms with Crippen LogP contribution in [0.5, 0.6) is 0 Å². The Morgan fingerprint density at radius 2 is 2.45 bits per heavy atom. The Kier molecular flexibility index (Phi) is 1.79. The van der Waals surface area contributed by atoms with Gasteiger partial charge in [-0.25, -0.2) is 0 Å². The molecule has 0 radical (unpaired) electrons. The lowest BCUT2D eigenvalue weighted by atomic mass is 10.2. The number of aromatic amines is 1. The normalized spacial score (nSPS) is 31.0. The molecule has 2 unspecified atom stereocenters. The average Bonchev–Trinajstić information content (AvgIpc) is 2.55. The van der Waals surface area contributed by atoms with Gasteiger partial charge >= 0.3 is 0 Å². The van der Waals surface area contributed by atoms with Crippen LogP contribution in [0.1, 0.15) is 18.3 Å². The number of rotatable bonds is 1. The van der Waals surface area contributed by atoms with Crippen LogP contribution in [0.15, 0.2) is 0 Å². The molecule has 1 aliphatic rings. The summed E-state index contributed by atoms with van der Waals surface area (Å²) in [6.07, 6.45) is 0.975. The van der Waals surface area contributed by atoms with Gasteiger partial charge in [-0.2, -0.15) is 17.8 Å². The highest BCUT2D eigenvalue weighted by atomic mass is 32.1. The van der Waals surface area contributed by atoms with Crippen molar-refractivity contribution in [2.45, 2.75) is 17.7 Å². The van der Waals surface area contributed by atoms with E-state index in [2.05, 4.69) is 38.6 Å². The molecule has 6 heteroatoms. The van der Waals surface area contributed by atoms with Crippen molar-refractivity contribution in [2.75, 3.05) is 6.54 Å². The molecule has 1 aromatic rings. The van der Waals surface area contributed by atoms with Crippen molar-refractivity contribution in [3.63, 3.8) is 0 Å². The van der Waals surface area contributed by atoms with Crippen LogP contribution in [0.4, 0.5) is 0 Å². The zero-order chi connectivity index (χ0) is 7.68. The van der Waals surface area contributed by atoms with Crippen LogP contribution < -0.4 is 5.32 Å². The van der Waals surface area contributed by atoms with Gasteiger partial charge in [0.25, 0.3) is 0 Å². The fourth-order valence-corrected chi connectivity index (χ4v) is 1.55. The van der Waals surface area contributed by atoms with Crippen molar-refractivity contribution < 1.29 is 0 Å². The molecule has 2 atom stereocenters. The second-order valence-electron chi connectivity index (χ2n) is 2.62. The molecular weight excluding hydrogens is 162 g/mol. The molecule has 5 nitrogen and oxygen atoms in total. The van der Waals surface area contributed by atoms with Crippen molar-refractivity contribution >= 4 is 12.6 Å². The Balaban J connectivity index is 2.08. The van der Waals surface area contributed by atoms with Crippen LogP contribution in [0.2, 0.25) is 0 Å². The molecule has 0 aromatic carbocycles. The molecule has 11 heavy (non-hydrogen) atoms. The van der Waals surface area contributed by atoms with Crippen LogP contribution >= 0.6 is 12.6 Å². The van der Waals surface area contributed by atoms with Crippen molar-refractivity contribution in [2.24, 2.45) is 0 Å². The summed E-state index contributed by atoms with van der Waals surface area (Å²) >= 11 is 4.33. The second kappa shape index (κ2) is 2.78. The molecule has 60 valence electrons. The van der Waals surface area contributed by atoms with E-state index in [1.807, 2.05) is 0 Å². The molecule has 0 bridgehead atoms. The standard InChI is InChI=1S/C5H9N5S/c11-3-1-4(6-2-3)5-7-9-10-8-5/h3-4,6,11H,1-2H2,(H,7,8,9,10). The first-order chi connectivity index (χ1) is 5.36. The molecule has 1 saturated heterocycles. The smallest absolute Gasteiger partial charge is 0.191 e. The van der Waals surface area contributed by atoms with Gasteiger partial charge in [-0.15, -0.1) is 10.2 Å². The summed E-state index contributed by atoms with van der Waals surface area (Å²) in [4.78, 5) is 0. The Labute approximate surface area is 69.4 Å². The molecule has 1 fully saturated rings. The van der Waals surface area contributed by atoms with Gasteiger partial charge in [-0.1, -0.05) is 5.21 Å². The first-order valence-electron chi connectivity index (χ1n) is 3.51. The maximum Gasteiger partial charge on any atom is 0.191 e. The van der Waals surface area contributed by atoms with Gasteiger partial charge in [0, 0.05) is 11.8 Å². The maximum absolute atomic E-state index is 4.33. The SMILES string of the molecule is SC1CNC(c2nn[nH]n2)C1. The second-order valence-corrected chi connectivity index (χ2v) is 3.35. The maximum atomic E-state index is 4.33. The van der Waals surface area contributed by atoms with E-state index >= 15 is 0 Å². The van der Waals surface area contributed by atoms with Crippen molar-refractivity contribution in [3.8, 4) is 0 Å². The molecule has 2 heterocycles. The van der Waals surface area contributed by atoms with Gasteiger partial charge in [0.2, 0.25) is 0 Å². The first-order valence-corrected chi connectivity index (χ1v) is 4.02. The molecule has 1 aromatic heterocycles. The number of H-pyrrole nitrogens is 1. The lowest BCUT2D eigenvalue weighted by molar-refractivity contribution is 0.607. The molecule has 0 saturated carbocycles. The number of hydrogen-bond donors (Lipinski definition) is 3. The number of hydrogen-bond acceptors (Lipinski definition) is 5. The Morgan fingerprint density at radius 3 is 3.00 bits per heavy atom. The van der Waals surface area contributed by atoms with E-state index in [1.165, 1.54) is 0 Å². The Hall–Kier alpha value is -0.620. The summed E-state index contributed by atoms with van der Waals surface area (Å²) in [5, 5.41) is 17.4. The highest BCUT2D eigenvalue weighted by molar-refractivity contribution is 7.81. The molecule has 2 N–H and O–H groups in total. The van der Waals surface area contributed by atoms with Crippen LogP contribution in [-0.4, -0.2) is 32.4 Å². The van der Waals surface area contributed by atoms with E-state index in [-0.39, 0.29) is 6.04 Å². The molecule has 2 rings (SSSR count). The minimum Gasteiger partial charge on any atom is -0.306 e. The summed E-state index contributed by atoms with van der Waals surface area (Å²) in [7, 11) is 0. The van der Waals surface area contributed by atoms with Gasteiger partial charge in [0.15, 0.2) is 5.82 Å². The predicted molar refractivity (Wildman–Crippen MR) is 42.3 cm³/mol. The number of thiol groups is 1. The summed E-state index contributed by atoms with van der Waals surface area (Å²) in [6, 6.07) is 0.233. The van der Waals surface area contributed by atoms with Gasteiger partial charge in [0.1, 0.15) is 0 Å². The monoisotopic (exact) mass is 171 g/mol. The van der Waals surface area contributed by atoms with Gasteiger partial charge < -0.3 is 5.32 Å². The summed E-state index contributed by atoms with van der Waals surface area (Å²) in [5.41, 5.74) is 0. The summed E-state index contributed by atoms with van der Waals surface area (Å²) in [5.74, 6) is 0.738. The third-order valence-corrected chi connectivity index (χ3v) is 2.17. The van der Waals surface area contributed by atoms with Crippen LogP contribution in [0.25, 0.3) is 0 Å². The summed E-state index contributed by atoms with van der Waals surface area (Å²) in [6.45, 7) is 0.919. The van der Waals surface area contributed by atoms with Gasteiger partial charge in [-0.3, -0.25) is 0 Å². The quantitative estimate of drug-likeness (QED) is 0.500. The van der Waals surface area contributed by atoms with E-state index in [0.29, 0.717) is 5.25 Å². The zero-order valence-electron chi connectivity index (χ0n) is 5.86. The summed E-state index contributed by atoms with van der Waals surface area (Å²) < 4.78 is 0. The van der Waals surface area contributed by atoms with E-state index in [9.17, 15) is 0 Å². The number of tetrazole rings is 1. The van der Waals surface area contributed by atoms with Gasteiger partial charge in [-0.05, 0) is 6.42 Å². The Morgan fingerprint density at radius 1 is 1.55 bits per heavy atom. The van der Waals surface area contributed by atoms with E-state index < -0.39 is 0 Å². The zero-order valence-corrected chi connectivity index (χ0v) is 6.75. The molecule has 0 aliphatic carbocycles. The van der Waals surface area contributed by atoms with Gasteiger partial charge in [0.05, 0.1) is 6.04 Å². The molecule has 0 amide bonds. The number of aromatic nitrogens is 4. The van der Waals surface area contributed by atoms with Crippen molar-refractivity contribution in [1.29, 1.82) is 0 Å². The lowest BCUT2D eigenvalue weighted by Gasteiger charge is -2.01. The molecular formula is C5H9N5S. The van der Waals surface area contributed by atoms with Crippen LogP contribution in [-0.2, 0) is 0 Å². The van der Waals surface area contributed by atoms with Crippen molar-refractivity contribution in [1.82, 2.24) is 25.9 Å². The molecule has 1 aliphatic heterocycles. The van der Waals surface area contributed by atoms with E-state index in [1.54, 1.807) is 0 Å².